The highest BCUT2D eigenvalue weighted by Gasteiger charge is 2.59. The molecule has 23 heavy (non-hydrogen) atoms. The minimum Gasteiger partial charge on any atom is -0.444 e. The summed E-state index contributed by atoms with van der Waals surface area (Å²) in [5.41, 5.74) is 0.929. The fourth-order valence-electron chi connectivity index (χ4n) is 6.45. The summed E-state index contributed by atoms with van der Waals surface area (Å²) in [6, 6.07) is 0. The molecule has 4 bridgehead atoms. The topological polar surface area (TPSA) is 50.4 Å². The summed E-state index contributed by atoms with van der Waals surface area (Å²) in [4.78, 5) is 11.7. The zero-order chi connectivity index (χ0) is 16.9. The molecular formula is C19H34N2O2. The lowest BCUT2D eigenvalue weighted by atomic mass is 9.43. The van der Waals surface area contributed by atoms with Crippen LogP contribution in [0, 0.1) is 16.7 Å². The van der Waals surface area contributed by atoms with E-state index in [1.165, 1.54) is 38.5 Å². The van der Waals surface area contributed by atoms with Crippen LogP contribution in [0.2, 0.25) is 0 Å². The Bertz CT molecular complexity index is 464. The van der Waals surface area contributed by atoms with Gasteiger partial charge in [0, 0.05) is 18.6 Å². The number of alkyl carbamates (subject to hydrolysis) is 1. The molecule has 4 heteroatoms. The first-order valence-electron chi connectivity index (χ1n) is 9.23. The fourth-order valence-corrected chi connectivity index (χ4v) is 6.45. The SMILES string of the molecule is CC12CC3CC(C)(C1)CC(NCCNC(=O)OC(C)(C)C)(C3)C2. The van der Waals surface area contributed by atoms with Crippen LogP contribution in [0.15, 0.2) is 0 Å². The van der Waals surface area contributed by atoms with E-state index in [0.717, 1.165) is 12.5 Å². The summed E-state index contributed by atoms with van der Waals surface area (Å²) in [5.74, 6) is 0.896. The Kier molecular flexibility index (Phi) is 3.98. The molecule has 132 valence electrons. The predicted molar refractivity (Wildman–Crippen MR) is 92.4 cm³/mol. The molecule has 0 heterocycles. The third kappa shape index (κ3) is 3.84. The minimum absolute atomic E-state index is 0.304. The molecule has 0 aliphatic heterocycles. The second-order valence-corrected chi connectivity index (χ2v) is 10.3. The summed E-state index contributed by atoms with van der Waals surface area (Å²) in [7, 11) is 0. The molecule has 4 fully saturated rings. The number of hydrogen-bond donors (Lipinski definition) is 2. The highest BCUT2D eigenvalue weighted by Crippen LogP contribution is 2.66. The second kappa shape index (κ2) is 5.37. The summed E-state index contributed by atoms with van der Waals surface area (Å²) in [6.45, 7) is 12.1. The molecule has 0 aromatic rings. The standard InChI is InChI=1S/C19H34N2O2/c1-16(2,3)23-15(22)20-6-7-21-19-10-14-8-17(4,12-19)11-18(5,9-14)13-19/h14,21H,6-13H2,1-5H3,(H,20,22). The average Bonchev–Trinajstić information content (AvgIpc) is 2.27. The summed E-state index contributed by atoms with van der Waals surface area (Å²) in [6.07, 6.45) is 7.85. The lowest BCUT2D eigenvalue weighted by molar-refractivity contribution is -0.117. The maximum absolute atomic E-state index is 11.7. The van der Waals surface area contributed by atoms with E-state index in [1.807, 2.05) is 20.8 Å². The normalized spacial score (nSPS) is 41.9. The Morgan fingerprint density at radius 2 is 1.65 bits per heavy atom. The van der Waals surface area contributed by atoms with E-state index in [1.54, 1.807) is 0 Å². The molecule has 0 radical (unpaired) electrons. The number of amides is 1. The van der Waals surface area contributed by atoms with E-state index in [2.05, 4.69) is 24.5 Å². The van der Waals surface area contributed by atoms with Gasteiger partial charge in [0.15, 0.2) is 0 Å². The molecule has 4 nitrogen and oxygen atoms in total. The largest absolute Gasteiger partial charge is 0.444 e. The van der Waals surface area contributed by atoms with Crippen LogP contribution in [0.25, 0.3) is 0 Å². The van der Waals surface area contributed by atoms with Crippen molar-refractivity contribution in [3.63, 3.8) is 0 Å². The minimum atomic E-state index is -0.430. The van der Waals surface area contributed by atoms with Crippen LogP contribution in [0.5, 0.6) is 0 Å². The van der Waals surface area contributed by atoms with Gasteiger partial charge in [-0.25, -0.2) is 4.79 Å². The highest BCUT2D eigenvalue weighted by molar-refractivity contribution is 5.67. The number of nitrogens with one attached hydrogen (secondary N) is 2. The molecule has 2 unspecified atom stereocenters. The van der Waals surface area contributed by atoms with Gasteiger partial charge < -0.3 is 15.4 Å². The van der Waals surface area contributed by atoms with Crippen LogP contribution in [0.4, 0.5) is 4.79 Å². The van der Waals surface area contributed by atoms with Crippen LogP contribution in [-0.2, 0) is 4.74 Å². The van der Waals surface area contributed by atoms with Gasteiger partial charge in [0.2, 0.25) is 0 Å². The monoisotopic (exact) mass is 322 g/mol. The van der Waals surface area contributed by atoms with E-state index in [0.29, 0.717) is 22.9 Å². The molecule has 0 aromatic carbocycles. The van der Waals surface area contributed by atoms with Crippen molar-refractivity contribution in [3.05, 3.63) is 0 Å². The predicted octanol–water partition coefficient (Wildman–Crippen LogP) is 3.85. The van der Waals surface area contributed by atoms with E-state index >= 15 is 0 Å². The van der Waals surface area contributed by atoms with Crippen LogP contribution in [0.3, 0.4) is 0 Å². The Labute approximate surface area is 141 Å². The third-order valence-electron chi connectivity index (χ3n) is 5.92. The van der Waals surface area contributed by atoms with Crippen LogP contribution < -0.4 is 10.6 Å². The number of ether oxygens (including phenoxy) is 1. The van der Waals surface area contributed by atoms with E-state index < -0.39 is 5.60 Å². The van der Waals surface area contributed by atoms with Gasteiger partial charge in [-0.1, -0.05) is 13.8 Å². The number of rotatable bonds is 4. The molecule has 4 aliphatic carbocycles. The van der Waals surface area contributed by atoms with Crippen molar-refractivity contribution >= 4 is 6.09 Å². The Morgan fingerprint density at radius 1 is 1.04 bits per heavy atom. The van der Waals surface area contributed by atoms with E-state index in [4.69, 9.17) is 4.74 Å². The van der Waals surface area contributed by atoms with Crippen molar-refractivity contribution in [2.75, 3.05) is 13.1 Å². The van der Waals surface area contributed by atoms with Crippen molar-refractivity contribution in [2.24, 2.45) is 16.7 Å². The summed E-state index contributed by atoms with van der Waals surface area (Å²) in [5, 5.41) is 6.69. The quantitative estimate of drug-likeness (QED) is 0.773. The van der Waals surface area contributed by atoms with E-state index in [-0.39, 0.29) is 6.09 Å². The zero-order valence-corrected chi connectivity index (χ0v) is 15.6. The van der Waals surface area contributed by atoms with Crippen molar-refractivity contribution < 1.29 is 9.53 Å². The lowest BCUT2D eigenvalue weighted by Crippen LogP contribution is -2.64. The molecule has 0 saturated heterocycles. The molecule has 0 aromatic heterocycles. The van der Waals surface area contributed by atoms with Gasteiger partial charge in [0.05, 0.1) is 0 Å². The first-order valence-corrected chi connectivity index (χ1v) is 9.23. The van der Waals surface area contributed by atoms with Gasteiger partial charge in [-0.15, -0.1) is 0 Å². The molecule has 2 N–H and O–H groups in total. The fraction of sp³-hybridized carbons (Fsp3) is 0.947. The van der Waals surface area contributed by atoms with Crippen molar-refractivity contribution in [1.82, 2.24) is 10.6 Å². The maximum Gasteiger partial charge on any atom is 0.407 e. The third-order valence-corrected chi connectivity index (χ3v) is 5.92. The number of hydrogen-bond acceptors (Lipinski definition) is 3. The lowest BCUT2D eigenvalue weighted by Gasteiger charge is -2.65. The van der Waals surface area contributed by atoms with Crippen molar-refractivity contribution in [2.45, 2.75) is 84.3 Å². The van der Waals surface area contributed by atoms with Crippen LogP contribution in [-0.4, -0.2) is 30.3 Å². The van der Waals surface area contributed by atoms with Crippen LogP contribution >= 0.6 is 0 Å². The van der Waals surface area contributed by atoms with E-state index in [9.17, 15) is 4.79 Å². The average molecular weight is 322 g/mol. The molecular weight excluding hydrogens is 288 g/mol. The Hall–Kier alpha value is -0.770. The first-order chi connectivity index (χ1) is 10.5. The molecule has 0 spiro atoms. The maximum atomic E-state index is 11.7. The van der Waals surface area contributed by atoms with Gasteiger partial charge in [-0.3, -0.25) is 0 Å². The molecule has 1 amide bonds. The van der Waals surface area contributed by atoms with Gasteiger partial charge in [0.1, 0.15) is 5.60 Å². The van der Waals surface area contributed by atoms with Gasteiger partial charge in [-0.05, 0) is 76.0 Å². The second-order valence-electron chi connectivity index (χ2n) is 10.3. The summed E-state index contributed by atoms with van der Waals surface area (Å²) >= 11 is 0. The van der Waals surface area contributed by atoms with Gasteiger partial charge in [-0.2, -0.15) is 0 Å². The molecule has 4 saturated carbocycles. The van der Waals surface area contributed by atoms with Crippen molar-refractivity contribution in [3.8, 4) is 0 Å². The van der Waals surface area contributed by atoms with Crippen molar-refractivity contribution in [1.29, 1.82) is 0 Å². The number of carbonyl (C=O) groups excluding carboxylic acids is 1. The highest BCUT2D eigenvalue weighted by atomic mass is 16.6. The summed E-state index contributed by atoms with van der Waals surface area (Å²) < 4.78 is 5.29. The van der Waals surface area contributed by atoms with Gasteiger partial charge >= 0.3 is 6.09 Å². The zero-order valence-electron chi connectivity index (χ0n) is 15.6. The first kappa shape index (κ1) is 17.1. The molecule has 4 rings (SSSR count). The smallest absolute Gasteiger partial charge is 0.407 e. The molecule has 2 atom stereocenters. The van der Waals surface area contributed by atoms with Gasteiger partial charge in [0.25, 0.3) is 0 Å². The van der Waals surface area contributed by atoms with Crippen LogP contribution in [0.1, 0.15) is 73.1 Å². The Balaban J connectivity index is 1.50. The molecule has 4 aliphatic rings. The Morgan fingerprint density at radius 3 is 2.17 bits per heavy atom. The number of carbonyl (C=O) groups is 1.